The predicted molar refractivity (Wildman–Crippen MR) is 103 cm³/mol. The third kappa shape index (κ3) is 5.07. The fraction of sp³-hybridized carbons (Fsp3) is 0.105. The van der Waals surface area contributed by atoms with Crippen LogP contribution in [0.15, 0.2) is 48.5 Å². The van der Waals surface area contributed by atoms with E-state index in [1.807, 2.05) is 0 Å². The summed E-state index contributed by atoms with van der Waals surface area (Å²) in [4.78, 5) is 23.0. The van der Waals surface area contributed by atoms with E-state index in [1.165, 1.54) is 18.2 Å². The van der Waals surface area contributed by atoms with Crippen LogP contribution in [0.2, 0.25) is 5.02 Å². The van der Waals surface area contributed by atoms with Crippen LogP contribution in [0.5, 0.6) is 11.6 Å². The molecule has 0 saturated heterocycles. The number of aromatic nitrogens is 2. The Morgan fingerprint density at radius 3 is 2.48 bits per heavy atom. The Morgan fingerprint density at radius 2 is 1.87 bits per heavy atom. The lowest BCUT2D eigenvalue weighted by Gasteiger charge is -2.11. The van der Waals surface area contributed by atoms with Crippen LogP contribution in [0.25, 0.3) is 5.69 Å². The fourth-order valence-corrected chi connectivity index (χ4v) is 2.71. The molecule has 1 aromatic heterocycles. The zero-order valence-electron chi connectivity index (χ0n) is 15.4. The minimum Gasteiger partial charge on any atom is -0.506 e. The number of amides is 1. The average molecular weight is 456 g/mol. The highest BCUT2D eigenvalue weighted by Gasteiger charge is 2.36. The minimum atomic E-state index is -4.76. The van der Waals surface area contributed by atoms with Crippen LogP contribution in [0.4, 0.5) is 18.9 Å². The van der Waals surface area contributed by atoms with E-state index in [9.17, 15) is 27.9 Å². The first-order valence-electron chi connectivity index (χ1n) is 8.47. The molecule has 1 amide bonds. The average Bonchev–Trinajstić information content (AvgIpc) is 3.12. The van der Waals surface area contributed by atoms with Crippen LogP contribution in [0.1, 0.15) is 16.1 Å². The molecule has 2 aromatic carbocycles. The molecule has 0 aliphatic heterocycles. The normalized spacial score (nSPS) is 11.2. The molecule has 0 unspecified atom stereocenters. The number of aromatic hydroxyl groups is 1. The molecular formula is C19H13ClF3N3O5. The molecule has 0 atom stereocenters. The third-order valence-corrected chi connectivity index (χ3v) is 4.24. The second-order valence-corrected chi connectivity index (χ2v) is 6.51. The van der Waals surface area contributed by atoms with Crippen molar-refractivity contribution in [3.8, 4) is 17.3 Å². The highest BCUT2D eigenvalue weighted by Crippen LogP contribution is 2.33. The van der Waals surface area contributed by atoms with Crippen LogP contribution in [0, 0.1) is 0 Å². The van der Waals surface area contributed by atoms with Crippen molar-refractivity contribution in [2.24, 2.45) is 0 Å². The Labute approximate surface area is 177 Å². The van der Waals surface area contributed by atoms with Gasteiger partial charge in [0, 0.05) is 6.07 Å². The second-order valence-electron chi connectivity index (χ2n) is 6.10. The molecular weight excluding hydrogens is 443 g/mol. The van der Waals surface area contributed by atoms with Gasteiger partial charge in [0.05, 0.1) is 22.0 Å². The van der Waals surface area contributed by atoms with Gasteiger partial charge >= 0.3 is 12.1 Å². The molecule has 0 saturated carbocycles. The van der Waals surface area contributed by atoms with Gasteiger partial charge in [-0.1, -0.05) is 23.7 Å². The van der Waals surface area contributed by atoms with Crippen molar-refractivity contribution in [3.63, 3.8) is 0 Å². The summed E-state index contributed by atoms with van der Waals surface area (Å²) < 4.78 is 45.3. The van der Waals surface area contributed by atoms with Gasteiger partial charge in [-0.15, -0.1) is 0 Å². The van der Waals surface area contributed by atoms with E-state index >= 15 is 0 Å². The van der Waals surface area contributed by atoms with Gasteiger partial charge in [0.15, 0.2) is 12.3 Å². The number of benzene rings is 2. The molecule has 0 bridgehead atoms. The van der Waals surface area contributed by atoms with E-state index in [0.29, 0.717) is 6.07 Å². The highest BCUT2D eigenvalue weighted by molar-refractivity contribution is 6.32. The van der Waals surface area contributed by atoms with Crippen LogP contribution in [0.3, 0.4) is 0 Å². The van der Waals surface area contributed by atoms with Gasteiger partial charge in [-0.05, 0) is 30.3 Å². The summed E-state index contributed by atoms with van der Waals surface area (Å²) in [5.41, 5.74) is -1.44. The molecule has 0 fully saturated rings. The monoisotopic (exact) mass is 455 g/mol. The summed E-state index contributed by atoms with van der Waals surface area (Å²) in [5, 5.41) is 24.5. The predicted octanol–water partition coefficient (Wildman–Crippen LogP) is 3.97. The van der Waals surface area contributed by atoms with Gasteiger partial charge in [-0.25, -0.2) is 4.79 Å². The maximum absolute atomic E-state index is 13.1. The molecule has 0 radical (unpaired) electrons. The molecule has 0 spiro atoms. The standard InChI is InChI=1S/C19H13ClF3N3O5/c20-11-3-1-2-4-13(11)26-17(8-15(25-26)19(21,22)23)31-9-16(28)24-12-6-5-10(18(29)30)7-14(12)27/h1-8,27H,9H2,(H,24,28)(H,29,30). The number of nitrogens with zero attached hydrogens (tertiary/aromatic N) is 2. The third-order valence-electron chi connectivity index (χ3n) is 3.92. The zero-order chi connectivity index (χ0) is 22.8. The van der Waals surface area contributed by atoms with Crippen molar-refractivity contribution in [2.45, 2.75) is 6.18 Å². The molecule has 0 aliphatic rings. The number of phenols is 1. The lowest BCUT2D eigenvalue weighted by Crippen LogP contribution is -2.21. The van der Waals surface area contributed by atoms with E-state index in [-0.39, 0.29) is 27.8 Å². The summed E-state index contributed by atoms with van der Waals surface area (Å²) >= 11 is 6.03. The molecule has 3 rings (SSSR count). The number of ether oxygens (including phenoxy) is 1. The van der Waals surface area contributed by atoms with Gasteiger partial charge in [0.2, 0.25) is 5.88 Å². The van der Waals surface area contributed by atoms with Crippen molar-refractivity contribution in [3.05, 3.63) is 64.8 Å². The van der Waals surface area contributed by atoms with Gasteiger partial charge < -0.3 is 20.3 Å². The van der Waals surface area contributed by atoms with E-state index in [1.54, 1.807) is 6.07 Å². The number of halogens is 4. The number of anilines is 1. The van der Waals surface area contributed by atoms with E-state index in [4.69, 9.17) is 21.4 Å². The van der Waals surface area contributed by atoms with Gasteiger partial charge in [0.1, 0.15) is 5.75 Å². The number of hydrogen-bond acceptors (Lipinski definition) is 5. The summed E-state index contributed by atoms with van der Waals surface area (Å²) in [5.74, 6) is -2.99. The first-order valence-corrected chi connectivity index (χ1v) is 8.85. The number of alkyl halides is 3. The number of phenolic OH excluding ortho intramolecular Hbond substituents is 1. The maximum Gasteiger partial charge on any atom is 0.435 e. The van der Waals surface area contributed by atoms with Crippen LogP contribution in [-0.2, 0) is 11.0 Å². The Hall–Kier alpha value is -3.73. The molecule has 8 nitrogen and oxygen atoms in total. The van der Waals surface area contributed by atoms with Crippen molar-refractivity contribution in [1.29, 1.82) is 0 Å². The van der Waals surface area contributed by atoms with Gasteiger partial charge in [0.25, 0.3) is 5.91 Å². The first kappa shape index (κ1) is 22.0. The Morgan fingerprint density at radius 1 is 1.16 bits per heavy atom. The fourth-order valence-electron chi connectivity index (χ4n) is 2.50. The first-order chi connectivity index (χ1) is 14.6. The van der Waals surface area contributed by atoms with Gasteiger partial charge in [-0.3, -0.25) is 4.79 Å². The molecule has 1 heterocycles. The molecule has 3 N–H and O–H groups in total. The zero-order valence-corrected chi connectivity index (χ0v) is 16.1. The Bertz CT molecular complexity index is 1150. The quantitative estimate of drug-likeness (QED) is 0.485. The van der Waals surface area contributed by atoms with E-state index in [2.05, 4.69) is 10.4 Å². The lowest BCUT2D eigenvalue weighted by atomic mass is 10.2. The number of hydrogen-bond donors (Lipinski definition) is 3. The van der Waals surface area contributed by atoms with Crippen molar-refractivity contribution < 1.29 is 37.7 Å². The number of carboxylic acid groups (broad SMARTS) is 1. The van der Waals surface area contributed by atoms with Crippen LogP contribution >= 0.6 is 11.6 Å². The molecule has 12 heteroatoms. The summed E-state index contributed by atoms with van der Waals surface area (Å²) in [6.07, 6.45) is -4.76. The Kier molecular flexibility index (Phi) is 6.07. The number of carbonyl (C=O) groups excluding carboxylic acids is 1. The highest BCUT2D eigenvalue weighted by atomic mass is 35.5. The van der Waals surface area contributed by atoms with E-state index < -0.39 is 36.1 Å². The van der Waals surface area contributed by atoms with Crippen molar-refractivity contribution in [1.82, 2.24) is 9.78 Å². The van der Waals surface area contributed by atoms with Crippen molar-refractivity contribution >= 4 is 29.2 Å². The summed E-state index contributed by atoms with van der Waals surface area (Å²) in [6.45, 7) is -0.729. The number of rotatable bonds is 6. The molecule has 3 aromatic rings. The van der Waals surface area contributed by atoms with Gasteiger partial charge in [-0.2, -0.15) is 23.0 Å². The number of carbonyl (C=O) groups is 2. The SMILES string of the molecule is O=C(COc1cc(C(F)(F)F)nn1-c1ccccc1Cl)Nc1ccc(C(=O)O)cc1O. The molecule has 0 aliphatic carbocycles. The summed E-state index contributed by atoms with van der Waals surface area (Å²) in [6, 6.07) is 9.85. The van der Waals surface area contributed by atoms with Crippen molar-refractivity contribution in [2.75, 3.05) is 11.9 Å². The molecule has 162 valence electrons. The number of aromatic carboxylic acids is 1. The molecule has 31 heavy (non-hydrogen) atoms. The Balaban J connectivity index is 1.79. The smallest absolute Gasteiger partial charge is 0.435 e. The van der Waals surface area contributed by atoms with E-state index in [0.717, 1.165) is 22.9 Å². The largest absolute Gasteiger partial charge is 0.506 e. The number of nitrogens with one attached hydrogen (secondary N) is 1. The minimum absolute atomic E-state index is 0.103. The number of carboxylic acids is 1. The number of para-hydroxylation sites is 1. The second kappa shape index (κ2) is 8.56. The summed E-state index contributed by atoms with van der Waals surface area (Å²) in [7, 11) is 0. The van der Waals surface area contributed by atoms with Crippen LogP contribution < -0.4 is 10.1 Å². The lowest BCUT2D eigenvalue weighted by molar-refractivity contribution is -0.141. The van der Waals surface area contributed by atoms with Crippen LogP contribution in [-0.4, -0.2) is 38.5 Å². The maximum atomic E-state index is 13.1. The topological polar surface area (TPSA) is 114 Å².